The summed E-state index contributed by atoms with van der Waals surface area (Å²) in [7, 11) is 0. The van der Waals surface area contributed by atoms with Crippen LogP contribution in [0.3, 0.4) is 0 Å². The second-order valence-electron chi connectivity index (χ2n) is 1.71. The number of aliphatic hydroxyl groups is 2. The minimum Gasteiger partial charge on any atom is -0.390 e. The first-order chi connectivity index (χ1) is 3.81. The first-order valence-corrected chi connectivity index (χ1v) is 2.76. The Bertz CT molecular complexity index is 45.8. The van der Waals surface area contributed by atoms with E-state index < -0.39 is 6.10 Å². The topological polar surface area (TPSA) is 40.5 Å². The summed E-state index contributed by atoms with van der Waals surface area (Å²) in [4.78, 5) is 0. The van der Waals surface area contributed by atoms with Crippen LogP contribution in [0.5, 0.6) is 0 Å². The number of aliphatic hydroxyl groups excluding tert-OH is 2. The summed E-state index contributed by atoms with van der Waals surface area (Å²) in [5.41, 5.74) is 0. The fourth-order valence-corrected chi connectivity index (χ4v) is 0.428. The SMILES string of the molecule is [CH2]CCCC(O)[CH]O. The molecule has 0 aromatic rings. The minimum atomic E-state index is -0.656. The Balaban J connectivity index is 2.86. The second-order valence-corrected chi connectivity index (χ2v) is 1.71. The lowest BCUT2D eigenvalue weighted by atomic mass is 10.2. The molecule has 0 saturated carbocycles. The van der Waals surface area contributed by atoms with Crippen molar-refractivity contribution in [3.63, 3.8) is 0 Å². The van der Waals surface area contributed by atoms with Crippen LogP contribution >= 0.6 is 0 Å². The Morgan fingerprint density at radius 2 is 2.25 bits per heavy atom. The quantitative estimate of drug-likeness (QED) is 0.572. The van der Waals surface area contributed by atoms with Gasteiger partial charge in [0.15, 0.2) is 0 Å². The predicted octanol–water partition coefficient (Wildman–Crippen LogP) is 0.886. The van der Waals surface area contributed by atoms with E-state index in [2.05, 4.69) is 6.92 Å². The van der Waals surface area contributed by atoms with Crippen molar-refractivity contribution >= 4 is 0 Å². The third kappa shape index (κ3) is 4.09. The summed E-state index contributed by atoms with van der Waals surface area (Å²) in [5.74, 6) is 0. The molecule has 48 valence electrons. The molecule has 0 bridgehead atoms. The van der Waals surface area contributed by atoms with E-state index in [0.717, 1.165) is 19.4 Å². The average Bonchev–Trinajstić information content (AvgIpc) is 1.83. The molecular weight excluding hydrogens is 104 g/mol. The van der Waals surface area contributed by atoms with Gasteiger partial charge in [-0.15, -0.1) is 0 Å². The lowest BCUT2D eigenvalue weighted by Crippen LogP contribution is -2.05. The Labute approximate surface area is 50.2 Å². The Hall–Kier alpha value is -0.0800. The molecule has 0 aromatic heterocycles. The van der Waals surface area contributed by atoms with Gasteiger partial charge in [0.2, 0.25) is 0 Å². The van der Waals surface area contributed by atoms with E-state index in [1.807, 2.05) is 0 Å². The van der Waals surface area contributed by atoms with Gasteiger partial charge in [-0.2, -0.15) is 0 Å². The van der Waals surface area contributed by atoms with Gasteiger partial charge in [0, 0.05) is 0 Å². The van der Waals surface area contributed by atoms with Gasteiger partial charge in [-0.3, -0.25) is 0 Å². The number of unbranched alkanes of at least 4 members (excludes halogenated alkanes) is 1. The third-order valence-corrected chi connectivity index (χ3v) is 0.922. The fourth-order valence-electron chi connectivity index (χ4n) is 0.428. The first-order valence-electron chi connectivity index (χ1n) is 2.76. The zero-order valence-corrected chi connectivity index (χ0v) is 4.88. The van der Waals surface area contributed by atoms with Crippen molar-refractivity contribution in [1.82, 2.24) is 0 Å². The maximum atomic E-state index is 8.66. The van der Waals surface area contributed by atoms with Crippen molar-refractivity contribution in [1.29, 1.82) is 0 Å². The van der Waals surface area contributed by atoms with Crippen LogP contribution in [0.25, 0.3) is 0 Å². The van der Waals surface area contributed by atoms with Gasteiger partial charge >= 0.3 is 0 Å². The highest BCUT2D eigenvalue weighted by Gasteiger charge is 1.98. The summed E-state index contributed by atoms with van der Waals surface area (Å²) in [6.45, 7) is 4.39. The molecular formula is C6H12O2. The average molecular weight is 116 g/mol. The van der Waals surface area contributed by atoms with Crippen LogP contribution in [-0.2, 0) is 0 Å². The molecule has 0 heterocycles. The maximum Gasteiger partial charge on any atom is 0.108 e. The van der Waals surface area contributed by atoms with Crippen molar-refractivity contribution in [2.24, 2.45) is 0 Å². The molecule has 8 heavy (non-hydrogen) atoms. The summed E-state index contributed by atoms with van der Waals surface area (Å²) in [6.07, 6.45) is 1.63. The molecule has 2 N–H and O–H groups in total. The maximum absolute atomic E-state index is 8.66. The van der Waals surface area contributed by atoms with Gasteiger partial charge in [0.25, 0.3) is 0 Å². The van der Waals surface area contributed by atoms with Gasteiger partial charge < -0.3 is 10.2 Å². The Morgan fingerprint density at radius 1 is 1.62 bits per heavy atom. The van der Waals surface area contributed by atoms with Crippen molar-refractivity contribution < 1.29 is 10.2 Å². The van der Waals surface area contributed by atoms with E-state index in [1.165, 1.54) is 0 Å². The number of rotatable bonds is 4. The number of hydrogen-bond acceptors (Lipinski definition) is 2. The molecule has 0 fully saturated rings. The van der Waals surface area contributed by atoms with E-state index in [-0.39, 0.29) is 0 Å². The highest BCUT2D eigenvalue weighted by molar-refractivity contribution is 4.62. The zero-order valence-electron chi connectivity index (χ0n) is 4.88. The van der Waals surface area contributed by atoms with Crippen LogP contribution < -0.4 is 0 Å². The van der Waals surface area contributed by atoms with E-state index in [4.69, 9.17) is 10.2 Å². The van der Waals surface area contributed by atoms with Gasteiger partial charge in [0.05, 0.1) is 6.10 Å². The fraction of sp³-hybridized carbons (Fsp3) is 0.667. The Morgan fingerprint density at radius 3 is 2.62 bits per heavy atom. The monoisotopic (exact) mass is 116 g/mol. The van der Waals surface area contributed by atoms with Gasteiger partial charge in [-0.25, -0.2) is 0 Å². The molecule has 0 spiro atoms. The molecule has 1 unspecified atom stereocenters. The minimum absolute atomic E-state index is 0.611. The third-order valence-electron chi connectivity index (χ3n) is 0.922. The molecule has 2 radical (unpaired) electrons. The van der Waals surface area contributed by atoms with Crippen molar-refractivity contribution in [3.8, 4) is 0 Å². The van der Waals surface area contributed by atoms with Crippen LogP contribution in [0.15, 0.2) is 0 Å². The summed E-state index contributed by atoms with van der Waals surface area (Å²) < 4.78 is 0. The highest BCUT2D eigenvalue weighted by atomic mass is 16.3. The van der Waals surface area contributed by atoms with E-state index in [0.29, 0.717) is 6.42 Å². The first kappa shape index (κ1) is 7.92. The van der Waals surface area contributed by atoms with Gasteiger partial charge in [0.1, 0.15) is 6.61 Å². The molecule has 0 amide bonds. The molecule has 2 heteroatoms. The largest absolute Gasteiger partial charge is 0.390 e. The van der Waals surface area contributed by atoms with Gasteiger partial charge in [-0.1, -0.05) is 19.8 Å². The van der Waals surface area contributed by atoms with Crippen LogP contribution in [-0.4, -0.2) is 16.3 Å². The molecule has 0 aliphatic heterocycles. The smallest absolute Gasteiger partial charge is 0.108 e. The lowest BCUT2D eigenvalue weighted by Gasteiger charge is -2.02. The summed E-state index contributed by atoms with van der Waals surface area (Å²) in [5, 5.41) is 16.8. The number of hydrogen-bond donors (Lipinski definition) is 2. The Kier molecular flexibility index (Phi) is 5.01. The van der Waals surface area contributed by atoms with Crippen LogP contribution in [0.2, 0.25) is 0 Å². The highest BCUT2D eigenvalue weighted by Crippen LogP contribution is 1.99. The molecule has 0 aliphatic carbocycles. The summed E-state index contributed by atoms with van der Waals surface area (Å²) >= 11 is 0. The standard InChI is InChI=1S/C6H12O2/c1-2-3-4-6(8)5-7/h5-8H,1-4H2. The summed E-state index contributed by atoms with van der Waals surface area (Å²) in [6, 6.07) is 0. The molecule has 1 atom stereocenters. The normalized spacial score (nSPS) is 13.9. The van der Waals surface area contributed by atoms with Crippen LogP contribution in [0.1, 0.15) is 19.3 Å². The molecule has 0 aromatic carbocycles. The molecule has 0 rings (SSSR count). The second kappa shape index (κ2) is 5.06. The zero-order chi connectivity index (χ0) is 6.41. The van der Waals surface area contributed by atoms with Crippen molar-refractivity contribution in [2.45, 2.75) is 25.4 Å². The van der Waals surface area contributed by atoms with E-state index >= 15 is 0 Å². The molecule has 0 saturated heterocycles. The van der Waals surface area contributed by atoms with Crippen LogP contribution in [0.4, 0.5) is 0 Å². The van der Waals surface area contributed by atoms with Crippen LogP contribution in [0, 0.1) is 13.5 Å². The van der Waals surface area contributed by atoms with E-state index in [1.54, 1.807) is 0 Å². The molecule has 0 aliphatic rings. The molecule has 2 nitrogen and oxygen atoms in total. The van der Waals surface area contributed by atoms with Crippen molar-refractivity contribution in [2.75, 3.05) is 0 Å². The van der Waals surface area contributed by atoms with Crippen molar-refractivity contribution in [3.05, 3.63) is 13.5 Å². The van der Waals surface area contributed by atoms with Gasteiger partial charge in [-0.05, 0) is 6.42 Å². The lowest BCUT2D eigenvalue weighted by molar-refractivity contribution is 0.135. The predicted molar refractivity (Wildman–Crippen MR) is 31.5 cm³/mol. The van der Waals surface area contributed by atoms with E-state index in [9.17, 15) is 0 Å².